The number of nitrogens with zero attached hydrogens (tertiary/aromatic N) is 3. The van der Waals surface area contributed by atoms with E-state index in [4.69, 9.17) is 30.5 Å². The quantitative estimate of drug-likeness (QED) is 0.109. The van der Waals surface area contributed by atoms with Crippen molar-refractivity contribution in [1.82, 2.24) is 15.2 Å². The number of pyridine rings is 1. The van der Waals surface area contributed by atoms with Crippen LogP contribution in [-0.2, 0) is 29.3 Å². The molecule has 0 amide bonds. The van der Waals surface area contributed by atoms with Crippen molar-refractivity contribution in [3.8, 4) is 34.4 Å². The number of rotatable bonds is 16. The average molecular weight is 753 g/mol. The lowest BCUT2D eigenvalue weighted by atomic mass is 9.87. The summed E-state index contributed by atoms with van der Waals surface area (Å²) in [6.45, 7) is 13.8. The topological polar surface area (TPSA) is 126 Å². The van der Waals surface area contributed by atoms with E-state index in [1.807, 2.05) is 24.3 Å². The van der Waals surface area contributed by atoms with E-state index in [9.17, 15) is 15.2 Å². The van der Waals surface area contributed by atoms with Gasteiger partial charge in [0, 0.05) is 61.2 Å². The third kappa shape index (κ3) is 9.34. The van der Waals surface area contributed by atoms with Crippen molar-refractivity contribution in [2.45, 2.75) is 72.3 Å². The van der Waals surface area contributed by atoms with Crippen LogP contribution in [0, 0.1) is 30.6 Å². The molecule has 0 saturated carbocycles. The van der Waals surface area contributed by atoms with E-state index in [-0.39, 0.29) is 19.8 Å². The van der Waals surface area contributed by atoms with Crippen molar-refractivity contribution in [3.63, 3.8) is 0 Å². The SMILES string of the molecule is Cc1c(COc2cc(OCc3cncc(C#N)c3)c(CNC(C)(C)C(=O)O)cc2Cl)cccc1-c1cccc(OCCCN2CCC3(CCOC3)C2)c1C. The van der Waals surface area contributed by atoms with E-state index in [1.165, 1.54) is 19.0 Å². The highest BCUT2D eigenvalue weighted by Crippen LogP contribution is 2.39. The molecule has 1 spiro atoms. The van der Waals surface area contributed by atoms with Gasteiger partial charge in [0.15, 0.2) is 0 Å². The van der Waals surface area contributed by atoms with E-state index in [0.717, 1.165) is 72.8 Å². The highest BCUT2D eigenvalue weighted by atomic mass is 35.5. The standard InChI is InChI=1S/C43H49ClN4O6/c1-29-33(8-5-9-35(29)36-10-6-11-38(30(36)2)52-16-7-14-48-15-12-43(27-48)13-17-51-28-43)26-54-40-20-39(53-25-32-18-31(21-45)22-46-23-32)34(19-37(40)44)24-47-42(3,4)41(49)50/h5-6,8-11,18-20,22-23,47H,7,12-17,24-28H2,1-4H3,(H,49,50). The molecular weight excluding hydrogens is 704 g/mol. The summed E-state index contributed by atoms with van der Waals surface area (Å²) < 4.78 is 24.6. The summed E-state index contributed by atoms with van der Waals surface area (Å²) in [5.41, 5.74) is 6.39. The number of halogens is 1. The number of nitrogens with one attached hydrogen (secondary N) is 1. The fourth-order valence-corrected chi connectivity index (χ4v) is 7.39. The van der Waals surface area contributed by atoms with Crippen LogP contribution < -0.4 is 19.5 Å². The first-order valence-corrected chi connectivity index (χ1v) is 18.9. The normalized spacial score (nSPS) is 17.1. The zero-order valence-corrected chi connectivity index (χ0v) is 32.3. The Balaban J connectivity index is 1.13. The largest absolute Gasteiger partial charge is 0.493 e. The van der Waals surface area contributed by atoms with Crippen LogP contribution in [0.3, 0.4) is 0 Å². The van der Waals surface area contributed by atoms with Gasteiger partial charge in [0.2, 0.25) is 0 Å². The van der Waals surface area contributed by atoms with Gasteiger partial charge in [-0.2, -0.15) is 5.26 Å². The zero-order valence-electron chi connectivity index (χ0n) is 31.5. The molecule has 0 bridgehead atoms. The van der Waals surface area contributed by atoms with Crippen molar-refractivity contribution in [3.05, 3.63) is 105 Å². The summed E-state index contributed by atoms with van der Waals surface area (Å²) in [4.78, 5) is 18.4. The molecule has 0 aliphatic carbocycles. The van der Waals surface area contributed by atoms with Gasteiger partial charge in [-0.25, -0.2) is 0 Å². The molecule has 0 radical (unpaired) electrons. The van der Waals surface area contributed by atoms with Gasteiger partial charge < -0.3 is 29.0 Å². The Morgan fingerprint density at radius 2 is 1.78 bits per heavy atom. The molecule has 284 valence electrons. The van der Waals surface area contributed by atoms with Crippen molar-refractivity contribution in [2.75, 3.05) is 39.5 Å². The predicted octanol–water partition coefficient (Wildman–Crippen LogP) is 7.88. The first-order valence-electron chi connectivity index (χ1n) is 18.5. The van der Waals surface area contributed by atoms with Crippen LogP contribution >= 0.6 is 11.6 Å². The monoisotopic (exact) mass is 752 g/mol. The molecule has 54 heavy (non-hydrogen) atoms. The van der Waals surface area contributed by atoms with Crippen LogP contribution in [0.5, 0.6) is 17.2 Å². The maximum atomic E-state index is 11.8. The van der Waals surface area contributed by atoms with Crippen molar-refractivity contribution in [2.24, 2.45) is 5.41 Å². The number of carbonyl (C=O) groups is 1. The van der Waals surface area contributed by atoms with Crippen LogP contribution in [-0.4, -0.2) is 66.0 Å². The highest BCUT2D eigenvalue weighted by molar-refractivity contribution is 6.32. The Bertz CT molecular complexity index is 2000. The summed E-state index contributed by atoms with van der Waals surface area (Å²) in [6, 6.07) is 19.7. The zero-order chi connectivity index (χ0) is 38.3. The molecule has 2 N–H and O–H groups in total. The number of hydrogen-bond donors (Lipinski definition) is 2. The molecule has 6 rings (SSSR count). The summed E-state index contributed by atoms with van der Waals surface area (Å²) in [7, 11) is 0. The minimum absolute atomic E-state index is 0.136. The number of aliphatic carboxylic acids is 1. The Morgan fingerprint density at radius 1 is 1.00 bits per heavy atom. The maximum Gasteiger partial charge on any atom is 0.323 e. The predicted molar refractivity (Wildman–Crippen MR) is 208 cm³/mol. The number of ether oxygens (including phenoxy) is 4. The molecule has 2 aliphatic heterocycles. The van der Waals surface area contributed by atoms with Crippen LogP contribution in [0.2, 0.25) is 5.02 Å². The van der Waals surface area contributed by atoms with Crippen molar-refractivity contribution >= 4 is 17.6 Å². The smallest absolute Gasteiger partial charge is 0.323 e. The van der Waals surface area contributed by atoms with E-state index < -0.39 is 11.5 Å². The summed E-state index contributed by atoms with van der Waals surface area (Å²) in [5.74, 6) is 0.806. The molecule has 11 heteroatoms. The van der Waals surface area contributed by atoms with Crippen LogP contribution in [0.25, 0.3) is 11.1 Å². The lowest BCUT2D eigenvalue weighted by Crippen LogP contribution is -2.46. The Hall–Kier alpha value is -4.66. The van der Waals surface area contributed by atoms with Gasteiger partial charge in [-0.05, 0) is 99.5 Å². The Morgan fingerprint density at radius 3 is 2.54 bits per heavy atom. The fraction of sp³-hybridized carbons (Fsp3) is 0.419. The number of carboxylic acid groups (broad SMARTS) is 1. The lowest BCUT2D eigenvalue weighted by Gasteiger charge is -2.23. The number of hydrogen-bond acceptors (Lipinski definition) is 9. The summed E-state index contributed by atoms with van der Waals surface area (Å²) in [5, 5.41) is 22.4. The molecule has 1 atom stereocenters. The fourth-order valence-electron chi connectivity index (χ4n) is 7.15. The van der Waals surface area contributed by atoms with Gasteiger partial charge >= 0.3 is 5.97 Å². The van der Waals surface area contributed by atoms with E-state index >= 15 is 0 Å². The number of aromatic nitrogens is 1. The van der Waals surface area contributed by atoms with Gasteiger partial charge in [0.05, 0.1) is 23.8 Å². The molecule has 2 saturated heterocycles. The van der Waals surface area contributed by atoms with Crippen molar-refractivity contribution in [1.29, 1.82) is 5.26 Å². The molecule has 3 heterocycles. The molecular formula is C43H49ClN4O6. The molecule has 10 nitrogen and oxygen atoms in total. The van der Waals surface area contributed by atoms with E-state index in [1.54, 1.807) is 38.2 Å². The molecule has 1 aromatic heterocycles. The van der Waals surface area contributed by atoms with E-state index in [2.05, 4.69) is 47.3 Å². The van der Waals surface area contributed by atoms with Crippen LogP contribution in [0.1, 0.15) is 66.5 Å². The Kier molecular flexibility index (Phi) is 12.4. The summed E-state index contributed by atoms with van der Waals surface area (Å²) >= 11 is 6.77. The van der Waals surface area contributed by atoms with Gasteiger partial charge in [-0.1, -0.05) is 41.9 Å². The first kappa shape index (κ1) is 39.0. The first-order chi connectivity index (χ1) is 26.0. The lowest BCUT2D eigenvalue weighted by molar-refractivity contribution is -0.143. The Labute approximate surface area is 323 Å². The van der Waals surface area contributed by atoms with Crippen LogP contribution in [0.15, 0.2) is 67.0 Å². The molecule has 1 unspecified atom stereocenters. The average Bonchev–Trinajstić information content (AvgIpc) is 3.81. The third-order valence-electron chi connectivity index (χ3n) is 10.7. The number of likely N-dealkylation sites (tertiary alicyclic amines) is 1. The second kappa shape index (κ2) is 17.2. The van der Waals surface area contributed by atoms with Gasteiger partial charge in [-0.15, -0.1) is 0 Å². The third-order valence-corrected chi connectivity index (χ3v) is 11.0. The molecule has 4 aromatic rings. The minimum Gasteiger partial charge on any atom is -0.493 e. The molecule has 3 aromatic carbocycles. The second-order valence-electron chi connectivity index (χ2n) is 15.0. The van der Waals surface area contributed by atoms with Gasteiger partial charge in [-0.3, -0.25) is 15.1 Å². The van der Waals surface area contributed by atoms with Gasteiger partial charge in [0.1, 0.15) is 42.1 Å². The number of benzene rings is 3. The minimum atomic E-state index is -1.18. The summed E-state index contributed by atoms with van der Waals surface area (Å²) in [6.07, 6.45) is 6.52. The number of carboxylic acids is 1. The molecule has 2 fully saturated rings. The van der Waals surface area contributed by atoms with Gasteiger partial charge in [0.25, 0.3) is 0 Å². The number of nitriles is 1. The van der Waals surface area contributed by atoms with E-state index in [0.29, 0.717) is 45.2 Å². The second-order valence-corrected chi connectivity index (χ2v) is 15.4. The highest BCUT2D eigenvalue weighted by Gasteiger charge is 2.40. The van der Waals surface area contributed by atoms with Crippen LogP contribution in [0.4, 0.5) is 0 Å². The molecule has 2 aliphatic rings. The van der Waals surface area contributed by atoms with Crippen molar-refractivity contribution < 1.29 is 28.8 Å². The maximum absolute atomic E-state index is 11.8.